The Morgan fingerprint density at radius 2 is 1.90 bits per heavy atom. The van der Waals surface area contributed by atoms with Crippen LogP contribution in [0, 0.1) is 10.1 Å². The number of non-ortho nitro benzene ring substituents is 1. The van der Waals surface area contributed by atoms with Crippen molar-refractivity contribution < 1.29 is 9.72 Å². The van der Waals surface area contributed by atoms with Crippen LogP contribution in [0.25, 0.3) is 6.08 Å². The summed E-state index contributed by atoms with van der Waals surface area (Å²) in [7, 11) is 0. The van der Waals surface area contributed by atoms with Crippen LogP contribution < -0.4 is 5.32 Å². The molecule has 5 nitrogen and oxygen atoms in total. The maximum absolute atomic E-state index is 11.7. The molecule has 0 aliphatic heterocycles. The van der Waals surface area contributed by atoms with Gasteiger partial charge in [-0.15, -0.1) is 0 Å². The average molecular weight is 303 g/mol. The van der Waals surface area contributed by atoms with Gasteiger partial charge in [0.2, 0.25) is 5.91 Å². The van der Waals surface area contributed by atoms with Crippen LogP contribution in [0.1, 0.15) is 5.56 Å². The van der Waals surface area contributed by atoms with Gasteiger partial charge in [0.05, 0.1) is 4.92 Å². The number of carbonyl (C=O) groups is 1. The fraction of sp³-hybridized carbons (Fsp3) is 0. The minimum Gasteiger partial charge on any atom is -0.323 e. The van der Waals surface area contributed by atoms with Crippen molar-refractivity contribution in [3.8, 4) is 0 Å². The summed E-state index contributed by atoms with van der Waals surface area (Å²) in [6.07, 6.45) is 3.00. The van der Waals surface area contributed by atoms with E-state index in [0.29, 0.717) is 10.7 Å². The second-order valence-electron chi connectivity index (χ2n) is 4.18. The maximum Gasteiger partial charge on any atom is 0.269 e. The first kappa shape index (κ1) is 14.7. The van der Waals surface area contributed by atoms with E-state index in [0.717, 1.165) is 5.56 Å². The molecule has 0 aromatic heterocycles. The lowest BCUT2D eigenvalue weighted by Gasteiger charge is -2.01. The highest BCUT2D eigenvalue weighted by Gasteiger charge is 2.04. The van der Waals surface area contributed by atoms with Gasteiger partial charge >= 0.3 is 0 Å². The standard InChI is InChI=1S/C15H11ClN2O3/c16-12-3-1-2-11(10-12)4-9-15(19)17-13-5-7-14(8-6-13)18(20)21/h1-10H,(H,17,19). The number of anilines is 1. The molecule has 0 saturated heterocycles. The van der Waals surface area contributed by atoms with Gasteiger partial charge in [0, 0.05) is 28.9 Å². The van der Waals surface area contributed by atoms with E-state index >= 15 is 0 Å². The summed E-state index contributed by atoms with van der Waals surface area (Å²) in [6.45, 7) is 0. The molecule has 0 heterocycles. The third-order valence-electron chi connectivity index (χ3n) is 2.62. The molecule has 0 unspecified atom stereocenters. The van der Waals surface area contributed by atoms with Crippen molar-refractivity contribution in [2.24, 2.45) is 0 Å². The number of halogens is 1. The Bertz CT molecular complexity index is 696. The van der Waals surface area contributed by atoms with E-state index in [9.17, 15) is 14.9 Å². The molecular formula is C15H11ClN2O3. The van der Waals surface area contributed by atoms with Gasteiger partial charge in [0.25, 0.3) is 5.69 Å². The third kappa shape index (κ3) is 4.43. The molecule has 0 atom stereocenters. The smallest absolute Gasteiger partial charge is 0.269 e. The minimum atomic E-state index is -0.495. The zero-order valence-corrected chi connectivity index (χ0v) is 11.6. The molecule has 0 radical (unpaired) electrons. The number of rotatable bonds is 4. The highest BCUT2D eigenvalue weighted by Crippen LogP contribution is 2.16. The van der Waals surface area contributed by atoms with Gasteiger partial charge in [-0.3, -0.25) is 14.9 Å². The van der Waals surface area contributed by atoms with Crippen LogP contribution in [-0.2, 0) is 4.79 Å². The SMILES string of the molecule is O=C(C=Cc1cccc(Cl)c1)Nc1ccc([N+](=O)[O-])cc1. The first-order chi connectivity index (χ1) is 10.0. The van der Waals surface area contributed by atoms with Crippen molar-refractivity contribution in [1.82, 2.24) is 0 Å². The van der Waals surface area contributed by atoms with E-state index in [4.69, 9.17) is 11.6 Å². The predicted octanol–water partition coefficient (Wildman–Crippen LogP) is 3.90. The quantitative estimate of drug-likeness (QED) is 0.529. The zero-order valence-electron chi connectivity index (χ0n) is 10.8. The Labute approximate surface area is 126 Å². The van der Waals surface area contributed by atoms with Crippen LogP contribution in [-0.4, -0.2) is 10.8 Å². The summed E-state index contributed by atoms with van der Waals surface area (Å²) in [5, 5.41) is 13.7. The second-order valence-corrected chi connectivity index (χ2v) is 4.62. The van der Waals surface area contributed by atoms with Gasteiger partial charge in [0.1, 0.15) is 0 Å². The molecule has 6 heteroatoms. The summed E-state index contributed by atoms with van der Waals surface area (Å²) in [4.78, 5) is 21.7. The number of benzene rings is 2. The van der Waals surface area contributed by atoms with Gasteiger partial charge in [-0.1, -0.05) is 23.7 Å². The van der Waals surface area contributed by atoms with Gasteiger partial charge in [-0.05, 0) is 35.9 Å². The summed E-state index contributed by atoms with van der Waals surface area (Å²) in [5.74, 6) is -0.330. The fourth-order valence-electron chi connectivity index (χ4n) is 1.63. The van der Waals surface area contributed by atoms with Crippen molar-refractivity contribution in [2.75, 3.05) is 5.32 Å². The normalized spacial score (nSPS) is 10.5. The number of amides is 1. The summed E-state index contributed by atoms with van der Waals surface area (Å²) in [5.41, 5.74) is 1.27. The van der Waals surface area contributed by atoms with Gasteiger partial charge < -0.3 is 5.32 Å². The van der Waals surface area contributed by atoms with E-state index in [-0.39, 0.29) is 11.6 Å². The molecule has 0 aliphatic carbocycles. The number of nitro benzene ring substituents is 1. The molecule has 0 saturated carbocycles. The maximum atomic E-state index is 11.7. The molecule has 2 rings (SSSR count). The number of nitrogens with zero attached hydrogens (tertiary/aromatic N) is 1. The van der Waals surface area contributed by atoms with Crippen LogP contribution in [0.3, 0.4) is 0 Å². The predicted molar refractivity (Wildman–Crippen MR) is 82.2 cm³/mol. The number of hydrogen-bond donors (Lipinski definition) is 1. The topological polar surface area (TPSA) is 72.2 Å². The number of hydrogen-bond acceptors (Lipinski definition) is 3. The fourth-order valence-corrected chi connectivity index (χ4v) is 1.83. The van der Waals surface area contributed by atoms with Crippen molar-refractivity contribution in [1.29, 1.82) is 0 Å². The van der Waals surface area contributed by atoms with Gasteiger partial charge in [0.15, 0.2) is 0 Å². The summed E-state index contributed by atoms with van der Waals surface area (Å²) >= 11 is 5.84. The highest BCUT2D eigenvalue weighted by molar-refractivity contribution is 6.30. The Morgan fingerprint density at radius 3 is 2.52 bits per heavy atom. The number of nitrogens with one attached hydrogen (secondary N) is 1. The first-order valence-electron chi connectivity index (χ1n) is 6.04. The van der Waals surface area contributed by atoms with E-state index < -0.39 is 4.92 Å². The Kier molecular flexibility index (Phi) is 4.68. The molecule has 1 N–H and O–H groups in total. The molecule has 2 aromatic rings. The van der Waals surface area contributed by atoms with E-state index in [1.165, 1.54) is 30.3 Å². The first-order valence-corrected chi connectivity index (χ1v) is 6.41. The van der Waals surface area contributed by atoms with E-state index in [1.807, 2.05) is 6.07 Å². The Hall–Kier alpha value is -2.66. The zero-order chi connectivity index (χ0) is 15.2. The second kappa shape index (κ2) is 6.67. The molecule has 1 amide bonds. The lowest BCUT2D eigenvalue weighted by molar-refractivity contribution is -0.384. The molecule has 0 aliphatic rings. The monoisotopic (exact) mass is 302 g/mol. The highest BCUT2D eigenvalue weighted by atomic mass is 35.5. The van der Waals surface area contributed by atoms with Crippen LogP contribution in [0.15, 0.2) is 54.6 Å². The summed E-state index contributed by atoms with van der Waals surface area (Å²) in [6, 6.07) is 12.7. The van der Waals surface area contributed by atoms with Crippen molar-refractivity contribution in [2.45, 2.75) is 0 Å². The minimum absolute atomic E-state index is 0.0255. The van der Waals surface area contributed by atoms with Crippen molar-refractivity contribution in [3.63, 3.8) is 0 Å². The van der Waals surface area contributed by atoms with E-state index in [2.05, 4.69) is 5.32 Å². The Balaban J connectivity index is 1.99. The molecular weight excluding hydrogens is 292 g/mol. The molecule has 2 aromatic carbocycles. The molecule has 21 heavy (non-hydrogen) atoms. The Morgan fingerprint density at radius 1 is 1.19 bits per heavy atom. The molecule has 106 valence electrons. The summed E-state index contributed by atoms with van der Waals surface area (Å²) < 4.78 is 0. The lowest BCUT2D eigenvalue weighted by Crippen LogP contribution is -2.07. The molecule has 0 bridgehead atoms. The van der Waals surface area contributed by atoms with E-state index in [1.54, 1.807) is 24.3 Å². The van der Waals surface area contributed by atoms with Crippen LogP contribution in [0.2, 0.25) is 5.02 Å². The van der Waals surface area contributed by atoms with Crippen LogP contribution in [0.4, 0.5) is 11.4 Å². The average Bonchev–Trinajstić information content (AvgIpc) is 2.46. The number of carbonyl (C=O) groups excluding carboxylic acids is 1. The lowest BCUT2D eigenvalue weighted by atomic mass is 10.2. The van der Waals surface area contributed by atoms with Crippen molar-refractivity contribution in [3.05, 3.63) is 75.3 Å². The molecule has 0 spiro atoms. The van der Waals surface area contributed by atoms with Crippen molar-refractivity contribution >= 4 is 35.0 Å². The molecule has 0 fully saturated rings. The third-order valence-corrected chi connectivity index (χ3v) is 2.86. The number of nitro groups is 1. The van der Waals surface area contributed by atoms with Gasteiger partial charge in [-0.25, -0.2) is 0 Å². The van der Waals surface area contributed by atoms with Gasteiger partial charge in [-0.2, -0.15) is 0 Å². The largest absolute Gasteiger partial charge is 0.323 e. The van der Waals surface area contributed by atoms with Crippen LogP contribution in [0.5, 0.6) is 0 Å². The van der Waals surface area contributed by atoms with Crippen LogP contribution >= 0.6 is 11.6 Å².